The number of imidazole rings is 1. The van der Waals surface area contributed by atoms with E-state index < -0.39 is 10.0 Å². The van der Waals surface area contributed by atoms with Gasteiger partial charge in [-0.3, -0.25) is 13.9 Å². The number of benzene rings is 1. The zero-order valence-electron chi connectivity index (χ0n) is 18.1. The summed E-state index contributed by atoms with van der Waals surface area (Å²) in [4.78, 5) is 22.9. The van der Waals surface area contributed by atoms with Crippen molar-refractivity contribution in [2.45, 2.75) is 30.2 Å². The first-order valence-electron chi connectivity index (χ1n) is 10.2. The van der Waals surface area contributed by atoms with E-state index in [1.54, 1.807) is 32.3 Å². The Bertz CT molecular complexity index is 1120. The van der Waals surface area contributed by atoms with Crippen LogP contribution in [0.1, 0.15) is 19.3 Å². The third-order valence-corrected chi connectivity index (χ3v) is 8.72. The SMILES string of the molecule is CN1CCC[C@]2(CO)CCN(S(=O)(=O)c3ccc4c(c3)n(C)c(=O)n4C)C[C@@H]12.O=CO. The number of sulfonamides is 1. The van der Waals surface area contributed by atoms with Crippen LogP contribution in [0.2, 0.25) is 0 Å². The van der Waals surface area contributed by atoms with Crippen molar-refractivity contribution in [1.29, 1.82) is 0 Å². The number of rotatable bonds is 3. The van der Waals surface area contributed by atoms with Crippen molar-refractivity contribution in [1.82, 2.24) is 18.3 Å². The van der Waals surface area contributed by atoms with Crippen molar-refractivity contribution in [3.63, 3.8) is 0 Å². The van der Waals surface area contributed by atoms with Crippen LogP contribution >= 0.6 is 0 Å². The molecule has 2 saturated heterocycles. The first-order valence-corrected chi connectivity index (χ1v) is 11.6. The van der Waals surface area contributed by atoms with E-state index in [4.69, 9.17) is 9.90 Å². The molecule has 4 rings (SSSR count). The lowest BCUT2D eigenvalue weighted by Gasteiger charge is -2.53. The molecule has 0 amide bonds. The van der Waals surface area contributed by atoms with E-state index in [-0.39, 0.29) is 35.1 Å². The fourth-order valence-corrected chi connectivity index (χ4v) is 6.47. The van der Waals surface area contributed by atoms with Crippen LogP contribution in [0.3, 0.4) is 0 Å². The van der Waals surface area contributed by atoms with Crippen molar-refractivity contribution < 1.29 is 23.4 Å². The summed E-state index contributed by atoms with van der Waals surface area (Å²) < 4.78 is 31.2. The summed E-state index contributed by atoms with van der Waals surface area (Å²) >= 11 is 0. The number of hydrogen-bond donors (Lipinski definition) is 2. The lowest BCUT2D eigenvalue weighted by Crippen LogP contribution is -2.62. The molecule has 2 atom stereocenters. The summed E-state index contributed by atoms with van der Waals surface area (Å²) in [5.74, 6) is 0. The van der Waals surface area contributed by atoms with Crippen molar-refractivity contribution in [3.8, 4) is 0 Å². The summed E-state index contributed by atoms with van der Waals surface area (Å²) in [5, 5.41) is 16.9. The fourth-order valence-electron chi connectivity index (χ4n) is 5.00. The summed E-state index contributed by atoms with van der Waals surface area (Å²) in [5.41, 5.74) is 0.910. The monoisotopic (exact) mass is 454 g/mol. The normalized spacial score (nSPS) is 25.0. The lowest BCUT2D eigenvalue weighted by molar-refractivity contribution is -0.122. The Morgan fingerprint density at radius 3 is 2.42 bits per heavy atom. The molecule has 31 heavy (non-hydrogen) atoms. The number of hydrogen-bond acceptors (Lipinski definition) is 6. The topological polar surface area (TPSA) is 125 Å². The van der Waals surface area contributed by atoms with Gasteiger partial charge in [-0.2, -0.15) is 4.31 Å². The first-order chi connectivity index (χ1) is 14.6. The van der Waals surface area contributed by atoms with E-state index in [9.17, 15) is 18.3 Å². The van der Waals surface area contributed by atoms with Gasteiger partial charge in [0.05, 0.1) is 22.5 Å². The lowest BCUT2D eigenvalue weighted by atomic mass is 9.69. The van der Waals surface area contributed by atoms with Gasteiger partial charge in [-0.05, 0) is 51.1 Å². The molecule has 1 aromatic carbocycles. The minimum Gasteiger partial charge on any atom is -0.483 e. The Morgan fingerprint density at radius 2 is 1.77 bits per heavy atom. The molecule has 0 unspecified atom stereocenters. The molecule has 0 spiro atoms. The first kappa shape index (κ1) is 23.5. The van der Waals surface area contributed by atoms with Crippen LogP contribution in [0, 0.1) is 5.41 Å². The van der Waals surface area contributed by atoms with E-state index in [2.05, 4.69) is 4.90 Å². The molecule has 0 saturated carbocycles. The summed E-state index contributed by atoms with van der Waals surface area (Å²) in [7, 11) is 1.65. The molecule has 11 heteroatoms. The van der Waals surface area contributed by atoms with Crippen LogP contribution in [-0.2, 0) is 28.9 Å². The Morgan fingerprint density at radius 1 is 1.13 bits per heavy atom. The highest BCUT2D eigenvalue weighted by Gasteiger charge is 2.48. The van der Waals surface area contributed by atoms with Crippen LogP contribution in [0.5, 0.6) is 0 Å². The molecule has 2 aliphatic rings. The number of aliphatic hydroxyl groups is 1. The number of nitrogens with zero attached hydrogens (tertiary/aromatic N) is 4. The maximum atomic E-state index is 13.4. The number of aromatic nitrogens is 2. The Kier molecular flexibility index (Phi) is 6.61. The van der Waals surface area contributed by atoms with Gasteiger partial charge in [-0.25, -0.2) is 13.2 Å². The van der Waals surface area contributed by atoms with Crippen LogP contribution < -0.4 is 5.69 Å². The van der Waals surface area contributed by atoms with Gasteiger partial charge in [-0.1, -0.05) is 0 Å². The van der Waals surface area contributed by atoms with E-state index in [1.807, 2.05) is 7.05 Å². The van der Waals surface area contributed by atoms with Crippen LogP contribution in [0.4, 0.5) is 0 Å². The van der Waals surface area contributed by atoms with Crippen molar-refractivity contribution in [2.24, 2.45) is 19.5 Å². The van der Waals surface area contributed by atoms with E-state index >= 15 is 0 Å². The number of fused-ring (bicyclic) bond motifs is 2. The minimum absolute atomic E-state index is 0.0135. The molecule has 0 aliphatic carbocycles. The van der Waals surface area contributed by atoms with E-state index in [0.717, 1.165) is 19.4 Å². The molecular weight excluding hydrogens is 424 g/mol. The molecule has 2 N–H and O–H groups in total. The van der Waals surface area contributed by atoms with Crippen LogP contribution in [0.15, 0.2) is 27.9 Å². The van der Waals surface area contributed by atoms with Gasteiger partial charge in [0.1, 0.15) is 0 Å². The smallest absolute Gasteiger partial charge is 0.328 e. The summed E-state index contributed by atoms with van der Waals surface area (Å²) in [6.07, 6.45) is 2.62. The highest BCUT2D eigenvalue weighted by atomic mass is 32.2. The third kappa shape index (κ3) is 3.91. The quantitative estimate of drug-likeness (QED) is 0.628. The number of piperidine rings is 2. The maximum absolute atomic E-state index is 13.4. The average Bonchev–Trinajstić information content (AvgIpc) is 2.98. The largest absolute Gasteiger partial charge is 0.483 e. The summed E-state index contributed by atoms with van der Waals surface area (Å²) in [6.45, 7) is 1.54. The van der Waals surface area contributed by atoms with Gasteiger partial charge in [0.25, 0.3) is 6.47 Å². The number of carbonyl (C=O) groups is 1. The van der Waals surface area contributed by atoms with Crippen molar-refractivity contribution in [3.05, 3.63) is 28.7 Å². The highest BCUT2D eigenvalue weighted by molar-refractivity contribution is 7.89. The van der Waals surface area contributed by atoms with Gasteiger partial charge in [-0.15, -0.1) is 0 Å². The second-order valence-electron chi connectivity index (χ2n) is 8.39. The molecule has 3 heterocycles. The number of likely N-dealkylation sites (tertiary alicyclic amines) is 1. The Balaban J connectivity index is 0.000000858. The fraction of sp³-hybridized carbons (Fsp3) is 0.600. The zero-order valence-corrected chi connectivity index (χ0v) is 18.9. The molecular formula is C20H30N4O6S. The molecule has 0 radical (unpaired) electrons. The van der Waals surface area contributed by atoms with Crippen molar-refractivity contribution in [2.75, 3.05) is 33.3 Å². The van der Waals surface area contributed by atoms with Gasteiger partial charge in [0.15, 0.2) is 0 Å². The standard InChI is InChI=1S/C19H28N4O4S.CH2O2/c1-20-9-4-7-19(13-24)8-10-23(12-17(19)20)28(26,27)14-5-6-15-16(11-14)22(3)18(25)21(15)2;2-1-3/h5-6,11,17,24H,4,7-10,12-13H2,1-3H3;1H,(H,2,3)/t17-,19-;/m1./s1. The Labute approximate surface area is 181 Å². The predicted octanol–water partition coefficient (Wildman–Crippen LogP) is 0.0451. The highest BCUT2D eigenvalue weighted by Crippen LogP contribution is 2.42. The predicted molar refractivity (Wildman–Crippen MR) is 115 cm³/mol. The number of aliphatic hydroxyl groups excluding tert-OH is 1. The van der Waals surface area contributed by atoms with Gasteiger partial charge in [0, 0.05) is 38.6 Å². The molecule has 0 bridgehead atoms. The van der Waals surface area contributed by atoms with Crippen LogP contribution in [-0.4, -0.2) is 82.8 Å². The third-order valence-electron chi connectivity index (χ3n) is 6.86. The minimum atomic E-state index is -3.68. The number of likely N-dealkylation sites (N-methyl/N-ethyl adjacent to an activating group) is 1. The van der Waals surface area contributed by atoms with E-state index in [0.29, 0.717) is 30.5 Å². The molecule has 2 fully saturated rings. The molecule has 172 valence electrons. The molecule has 2 aliphatic heterocycles. The molecule has 10 nitrogen and oxygen atoms in total. The van der Waals surface area contributed by atoms with Crippen LogP contribution in [0.25, 0.3) is 11.0 Å². The average molecular weight is 455 g/mol. The number of carboxylic acid groups (broad SMARTS) is 1. The summed E-state index contributed by atoms with van der Waals surface area (Å²) in [6, 6.07) is 4.87. The van der Waals surface area contributed by atoms with E-state index in [1.165, 1.54) is 13.4 Å². The van der Waals surface area contributed by atoms with Gasteiger partial charge >= 0.3 is 5.69 Å². The molecule has 1 aromatic heterocycles. The van der Waals surface area contributed by atoms with Gasteiger partial charge < -0.3 is 15.1 Å². The maximum Gasteiger partial charge on any atom is 0.328 e. The van der Waals surface area contributed by atoms with Gasteiger partial charge in [0.2, 0.25) is 10.0 Å². The number of aryl methyl sites for hydroxylation is 2. The Hall–Kier alpha value is -2.21. The zero-order chi connectivity index (χ0) is 23.0. The van der Waals surface area contributed by atoms with Crippen molar-refractivity contribution >= 4 is 27.5 Å². The second-order valence-corrected chi connectivity index (χ2v) is 10.3. The second kappa shape index (κ2) is 8.73. The molecule has 2 aromatic rings.